The van der Waals surface area contributed by atoms with E-state index in [1.165, 1.54) is 38.8 Å². The molecule has 3 atom stereocenters. The highest BCUT2D eigenvalue weighted by atomic mass is 15.1. The summed E-state index contributed by atoms with van der Waals surface area (Å²) in [5, 5.41) is 3.53. The van der Waals surface area contributed by atoms with E-state index in [4.69, 9.17) is 0 Å². The maximum absolute atomic E-state index is 3.53. The molecule has 1 N–H and O–H groups in total. The normalized spacial score (nSPS) is 30.2. The summed E-state index contributed by atoms with van der Waals surface area (Å²) in [7, 11) is 4.41. The third-order valence-corrected chi connectivity index (χ3v) is 4.49. The van der Waals surface area contributed by atoms with E-state index in [9.17, 15) is 0 Å². The molecule has 0 heterocycles. The molecule has 2 heteroatoms. The highest BCUT2D eigenvalue weighted by Gasteiger charge is 2.31. The topological polar surface area (TPSA) is 15.3 Å². The van der Waals surface area contributed by atoms with Crippen LogP contribution in [0.5, 0.6) is 0 Å². The van der Waals surface area contributed by atoms with Crippen LogP contribution >= 0.6 is 0 Å². The first-order chi connectivity index (χ1) is 8.08. The van der Waals surface area contributed by atoms with Crippen LogP contribution in [-0.2, 0) is 0 Å². The lowest BCUT2D eigenvalue weighted by Gasteiger charge is -2.39. The van der Waals surface area contributed by atoms with E-state index >= 15 is 0 Å². The van der Waals surface area contributed by atoms with Crippen molar-refractivity contribution in [3.63, 3.8) is 0 Å². The summed E-state index contributed by atoms with van der Waals surface area (Å²) >= 11 is 0. The molecule has 2 nitrogen and oxygen atoms in total. The second-order valence-electron chi connectivity index (χ2n) is 6.23. The number of hydrogen-bond donors (Lipinski definition) is 1. The maximum atomic E-state index is 3.53. The van der Waals surface area contributed by atoms with Crippen molar-refractivity contribution in [2.75, 3.05) is 27.2 Å². The van der Waals surface area contributed by atoms with Crippen molar-refractivity contribution in [2.24, 2.45) is 17.8 Å². The zero-order valence-electron chi connectivity index (χ0n) is 12.5. The molecule has 0 aromatic heterocycles. The largest absolute Gasteiger partial charge is 0.317 e. The molecule has 3 unspecified atom stereocenters. The van der Waals surface area contributed by atoms with Crippen molar-refractivity contribution in [3.8, 4) is 0 Å². The minimum atomic E-state index is 0.740. The van der Waals surface area contributed by atoms with Crippen molar-refractivity contribution in [3.05, 3.63) is 0 Å². The van der Waals surface area contributed by atoms with Crippen molar-refractivity contribution in [2.45, 2.75) is 52.5 Å². The van der Waals surface area contributed by atoms with Crippen molar-refractivity contribution < 1.29 is 0 Å². The molecule has 0 bridgehead atoms. The Labute approximate surface area is 108 Å². The Kier molecular flexibility index (Phi) is 6.50. The highest BCUT2D eigenvalue weighted by Crippen LogP contribution is 2.34. The maximum Gasteiger partial charge on any atom is 0.0105 e. The Bertz CT molecular complexity index is 203. The quantitative estimate of drug-likeness (QED) is 0.768. The van der Waals surface area contributed by atoms with Gasteiger partial charge in [-0.2, -0.15) is 0 Å². The van der Waals surface area contributed by atoms with E-state index < -0.39 is 0 Å². The summed E-state index contributed by atoms with van der Waals surface area (Å²) in [4.78, 5) is 2.51. The van der Waals surface area contributed by atoms with Crippen LogP contribution in [0.2, 0.25) is 0 Å². The average molecular weight is 240 g/mol. The summed E-state index contributed by atoms with van der Waals surface area (Å²) in [6, 6.07) is 0.740. The van der Waals surface area contributed by atoms with Crippen LogP contribution in [0.1, 0.15) is 46.5 Å². The first kappa shape index (κ1) is 15.0. The summed E-state index contributed by atoms with van der Waals surface area (Å²) < 4.78 is 0. The molecule has 1 aliphatic rings. The summed E-state index contributed by atoms with van der Waals surface area (Å²) in [6.07, 6.45) is 5.46. The Morgan fingerprint density at radius 3 is 2.53 bits per heavy atom. The lowest BCUT2D eigenvalue weighted by Crippen LogP contribution is -2.44. The Morgan fingerprint density at radius 1 is 1.29 bits per heavy atom. The molecule has 0 radical (unpaired) electrons. The van der Waals surface area contributed by atoms with Crippen molar-refractivity contribution in [1.82, 2.24) is 10.2 Å². The van der Waals surface area contributed by atoms with Crippen LogP contribution in [0.3, 0.4) is 0 Å². The lowest BCUT2D eigenvalue weighted by molar-refractivity contribution is 0.136. The van der Waals surface area contributed by atoms with Gasteiger partial charge in [-0.05, 0) is 64.1 Å². The molecule has 1 rings (SSSR count). The lowest BCUT2D eigenvalue weighted by atomic mass is 9.73. The van der Waals surface area contributed by atoms with Gasteiger partial charge in [-0.15, -0.1) is 0 Å². The van der Waals surface area contributed by atoms with Gasteiger partial charge in [0, 0.05) is 12.6 Å². The van der Waals surface area contributed by atoms with Crippen LogP contribution in [0.4, 0.5) is 0 Å². The molecule has 102 valence electrons. The van der Waals surface area contributed by atoms with E-state index in [2.05, 4.69) is 45.1 Å². The van der Waals surface area contributed by atoms with Crippen molar-refractivity contribution in [1.29, 1.82) is 0 Å². The van der Waals surface area contributed by atoms with E-state index in [-0.39, 0.29) is 0 Å². The Morgan fingerprint density at radius 2 is 2.00 bits per heavy atom. The van der Waals surface area contributed by atoms with Gasteiger partial charge in [0.2, 0.25) is 0 Å². The molecule has 0 aliphatic heterocycles. The molecule has 0 aromatic carbocycles. The molecule has 0 aromatic rings. The summed E-state index contributed by atoms with van der Waals surface area (Å²) in [6.45, 7) is 9.54. The first-order valence-electron chi connectivity index (χ1n) is 7.44. The zero-order valence-corrected chi connectivity index (χ0v) is 12.5. The van der Waals surface area contributed by atoms with Crippen LogP contribution in [-0.4, -0.2) is 38.1 Å². The molecule has 1 saturated carbocycles. The van der Waals surface area contributed by atoms with Gasteiger partial charge in [-0.3, -0.25) is 0 Å². The number of hydrogen-bond acceptors (Lipinski definition) is 2. The van der Waals surface area contributed by atoms with E-state index in [1.54, 1.807) is 0 Å². The molecule has 0 amide bonds. The minimum Gasteiger partial charge on any atom is -0.317 e. The van der Waals surface area contributed by atoms with Gasteiger partial charge in [0.05, 0.1) is 0 Å². The van der Waals surface area contributed by atoms with Gasteiger partial charge in [0.1, 0.15) is 0 Å². The molecule has 1 fully saturated rings. The smallest absolute Gasteiger partial charge is 0.0105 e. The minimum absolute atomic E-state index is 0.740. The summed E-state index contributed by atoms with van der Waals surface area (Å²) in [5.74, 6) is 2.64. The SMILES string of the molecule is CCCN(C)CC1CC(C(C)C)CCC1NC. The second-order valence-corrected chi connectivity index (χ2v) is 6.23. The standard InChI is InChI=1S/C15H32N2/c1-6-9-17(5)11-14-10-13(12(2)3)7-8-15(14)16-4/h12-16H,6-11H2,1-5H3. The number of nitrogens with zero attached hydrogens (tertiary/aromatic N) is 1. The Hall–Kier alpha value is -0.0800. The van der Waals surface area contributed by atoms with Crippen LogP contribution in [0, 0.1) is 17.8 Å². The fourth-order valence-corrected chi connectivity index (χ4v) is 3.36. The van der Waals surface area contributed by atoms with Crippen LogP contribution < -0.4 is 5.32 Å². The van der Waals surface area contributed by atoms with Gasteiger partial charge < -0.3 is 10.2 Å². The predicted molar refractivity (Wildman–Crippen MR) is 76.3 cm³/mol. The number of rotatable bonds is 6. The third-order valence-electron chi connectivity index (χ3n) is 4.49. The predicted octanol–water partition coefficient (Wildman–Crippen LogP) is 2.99. The highest BCUT2D eigenvalue weighted by molar-refractivity contribution is 4.86. The molecular formula is C15H32N2. The van der Waals surface area contributed by atoms with Gasteiger partial charge in [0.25, 0.3) is 0 Å². The molecule has 17 heavy (non-hydrogen) atoms. The van der Waals surface area contributed by atoms with E-state index in [0.29, 0.717) is 0 Å². The summed E-state index contributed by atoms with van der Waals surface area (Å²) in [5.41, 5.74) is 0. The third kappa shape index (κ3) is 4.59. The van der Waals surface area contributed by atoms with Gasteiger partial charge in [-0.25, -0.2) is 0 Å². The molecule has 0 spiro atoms. The first-order valence-corrected chi connectivity index (χ1v) is 7.44. The van der Waals surface area contributed by atoms with E-state index in [0.717, 1.165) is 23.8 Å². The van der Waals surface area contributed by atoms with Crippen LogP contribution in [0.15, 0.2) is 0 Å². The fourth-order valence-electron chi connectivity index (χ4n) is 3.36. The van der Waals surface area contributed by atoms with E-state index in [1.807, 2.05) is 0 Å². The fraction of sp³-hybridized carbons (Fsp3) is 1.00. The van der Waals surface area contributed by atoms with Gasteiger partial charge in [0.15, 0.2) is 0 Å². The zero-order chi connectivity index (χ0) is 12.8. The van der Waals surface area contributed by atoms with Gasteiger partial charge in [-0.1, -0.05) is 20.8 Å². The Balaban J connectivity index is 2.50. The monoisotopic (exact) mass is 240 g/mol. The number of nitrogens with one attached hydrogen (secondary N) is 1. The second kappa shape index (κ2) is 7.38. The molecule has 1 aliphatic carbocycles. The molecular weight excluding hydrogens is 208 g/mol. The van der Waals surface area contributed by atoms with Crippen molar-refractivity contribution >= 4 is 0 Å². The van der Waals surface area contributed by atoms with Gasteiger partial charge >= 0.3 is 0 Å². The van der Waals surface area contributed by atoms with Crippen LogP contribution in [0.25, 0.3) is 0 Å². The molecule has 0 saturated heterocycles. The average Bonchev–Trinajstić information content (AvgIpc) is 2.29.